The van der Waals surface area contributed by atoms with Crippen molar-refractivity contribution < 1.29 is 13.9 Å². The number of hydrogen-bond donors (Lipinski definition) is 0. The number of aryl methyl sites for hydroxylation is 1. The molecule has 0 N–H and O–H groups in total. The summed E-state index contributed by atoms with van der Waals surface area (Å²) in [5, 5.41) is 0. The second-order valence-electron chi connectivity index (χ2n) is 3.05. The van der Waals surface area contributed by atoms with Crippen molar-refractivity contribution in [2.24, 2.45) is 0 Å². The lowest BCUT2D eigenvalue weighted by Gasteiger charge is -2.07. The van der Waals surface area contributed by atoms with Crippen LogP contribution in [-0.2, 0) is 4.74 Å². The van der Waals surface area contributed by atoms with Crippen LogP contribution in [0.5, 0.6) is 0 Å². The largest absolute Gasteiger partial charge is 0.462 e. The van der Waals surface area contributed by atoms with Crippen LogP contribution < -0.4 is 0 Å². The summed E-state index contributed by atoms with van der Waals surface area (Å²) in [7, 11) is 0. The minimum absolute atomic E-state index is 0.0150. The van der Waals surface area contributed by atoms with Crippen molar-refractivity contribution >= 4 is 17.7 Å². The number of halogens is 1. The van der Waals surface area contributed by atoms with Crippen molar-refractivity contribution in [1.82, 2.24) is 0 Å². The number of thioether (sulfide) groups is 1. The third-order valence-corrected chi connectivity index (χ3v) is 2.64. The molecule has 15 heavy (non-hydrogen) atoms. The molecule has 1 aromatic carbocycles. The van der Waals surface area contributed by atoms with Crippen LogP contribution in [0.2, 0.25) is 0 Å². The van der Waals surface area contributed by atoms with Crippen molar-refractivity contribution in [2.75, 3.05) is 12.9 Å². The van der Waals surface area contributed by atoms with Gasteiger partial charge in [0.15, 0.2) is 5.82 Å². The molecule has 4 heteroatoms. The molecular formula is C11H13FO2S. The van der Waals surface area contributed by atoms with E-state index in [1.165, 1.54) is 17.8 Å². The standard InChI is InChI=1S/C11H13FO2S/c1-4-14-11(13)8-5-7(2)6-9(15-3)10(8)12/h5-6H,4H2,1-3H3. The molecule has 0 fully saturated rings. The average molecular weight is 228 g/mol. The third kappa shape index (κ3) is 2.72. The summed E-state index contributed by atoms with van der Waals surface area (Å²) >= 11 is 1.28. The van der Waals surface area contributed by atoms with Crippen molar-refractivity contribution in [1.29, 1.82) is 0 Å². The molecule has 0 radical (unpaired) electrons. The van der Waals surface area contributed by atoms with Crippen LogP contribution in [0.4, 0.5) is 4.39 Å². The number of carbonyl (C=O) groups is 1. The van der Waals surface area contributed by atoms with Gasteiger partial charge in [0.1, 0.15) is 0 Å². The second-order valence-corrected chi connectivity index (χ2v) is 3.90. The molecule has 0 saturated carbocycles. The van der Waals surface area contributed by atoms with Crippen LogP contribution in [0.15, 0.2) is 17.0 Å². The van der Waals surface area contributed by atoms with Gasteiger partial charge in [0, 0.05) is 4.90 Å². The fraction of sp³-hybridized carbons (Fsp3) is 0.364. The Bertz CT molecular complexity index is 377. The maximum absolute atomic E-state index is 13.7. The predicted molar refractivity (Wildman–Crippen MR) is 58.9 cm³/mol. The molecule has 82 valence electrons. The Kier molecular flexibility index (Phi) is 4.15. The van der Waals surface area contributed by atoms with Crippen LogP contribution in [0.25, 0.3) is 0 Å². The number of benzene rings is 1. The average Bonchev–Trinajstić information content (AvgIpc) is 2.21. The fourth-order valence-corrected chi connectivity index (χ4v) is 1.83. The van der Waals surface area contributed by atoms with Gasteiger partial charge in [0.25, 0.3) is 0 Å². The van der Waals surface area contributed by atoms with E-state index in [0.717, 1.165) is 5.56 Å². The summed E-state index contributed by atoms with van der Waals surface area (Å²) in [5.41, 5.74) is 0.866. The molecule has 1 rings (SSSR count). The highest BCUT2D eigenvalue weighted by Gasteiger charge is 2.16. The third-order valence-electron chi connectivity index (χ3n) is 1.90. The van der Waals surface area contributed by atoms with E-state index in [2.05, 4.69) is 0 Å². The Morgan fingerprint density at radius 1 is 1.53 bits per heavy atom. The van der Waals surface area contributed by atoms with Crippen LogP contribution in [0, 0.1) is 12.7 Å². The summed E-state index contributed by atoms with van der Waals surface area (Å²) in [6.45, 7) is 3.77. The molecule has 0 amide bonds. The topological polar surface area (TPSA) is 26.3 Å². The Morgan fingerprint density at radius 3 is 2.73 bits per heavy atom. The van der Waals surface area contributed by atoms with Crippen molar-refractivity contribution in [3.63, 3.8) is 0 Å². The maximum Gasteiger partial charge on any atom is 0.341 e. The van der Waals surface area contributed by atoms with E-state index in [1.807, 2.05) is 6.92 Å². The van der Waals surface area contributed by atoms with Crippen LogP contribution in [0.1, 0.15) is 22.8 Å². The molecule has 2 nitrogen and oxygen atoms in total. The van der Waals surface area contributed by atoms with Crippen LogP contribution in [0.3, 0.4) is 0 Å². The highest BCUT2D eigenvalue weighted by molar-refractivity contribution is 7.98. The van der Waals surface area contributed by atoms with Gasteiger partial charge in [-0.3, -0.25) is 0 Å². The summed E-state index contributed by atoms with van der Waals surface area (Å²) in [4.78, 5) is 11.9. The number of hydrogen-bond acceptors (Lipinski definition) is 3. The Hall–Kier alpha value is -1.03. The number of carbonyl (C=O) groups excluding carboxylic acids is 1. The fourth-order valence-electron chi connectivity index (χ4n) is 1.24. The van der Waals surface area contributed by atoms with Gasteiger partial charge in [-0.05, 0) is 37.8 Å². The minimum atomic E-state index is -0.603. The monoisotopic (exact) mass is 228 g/mol. The lowest BCUT2D eigenvalue weighted by molar-refractivity contribution is 0.0520. The first kappa shape index (κ1) is 12.0. The molecular weight excluding hydrogens is 215 g/mol. The molecule has 0 spiro atoms. The van der Waals surface area contributed by atoms with Gasteiger partial charge < -0.3 is 4.74 Å². The molecule has 0 aliphatic heterocycles. The van der Waals surface area contributed by atoms with E-state index in [0.29, 0.717) is 4.90 Å². The molecule has 0 saturated heterocycles. The van der Waals surface area contributed by atoms with Crippen molar-refractivity contribution in [3.05, 3.63) is 29.1 Å². The van der Waals surface area contributed by atoms with Crippen LogP contribution >= 0.6 is 11.8 Å². The SMILES string of the molecule is CCOC(=O)c1cc(C)cc(SC)c1F. The molecule has 1 aromatic rings. The van der Waals surface area contributed by atoms with Gasteiger partial charge in [0.2, 0.25) is 0 Å². The summed E-state index contributed by atoms with van der Waals surface area (Å²) in [6.07, 6.45) is 1.77. The predicted octanol–water partition coefficient (Wildman–Crippen LogP) is 3.03. The second kappa shape index (κ2) is 5.16. The first-order chi connectivity index (χ1) is 7.10. The van der Waals surface area contributed by atoms with Gasteiger partial charge in [0.05, 0.1) is 12.2 Å². The van der Waals surface area contributed by atoms with Gasteiger partial charge >= 0.3 is 5.97 Å². The molecule has 0 atom stereocenters. The lowest BCUT2D eigenvalue weighted by Crippen LogP contribution is -2.08. The summed E-state index contributed by atoms with van der Waals surface area (Å²) < 4.78 is 18.5. The Labute approximate surface area is 92.8 Å². The van der Waals surface area contributed by atoms with E-state index in [4.69, 9.17) is 4.74 Å². The Morgan fingerprint density at radius 2 is 2.20 bits per heavy atom. The van der Waals surface area contributed by atoms with Gasteiger partial charge in [-0.15, -0.1) is 11.8 Å². The van der Waals surface area contributed by atoms with E-state index in [-0.39, 0.29) is 12.2 Å². The minimum Gasteiger partial charge on any atom is -0.462 e. The summed E-state index contributed by atoms with van der Waals surface area (Å²) in [5.74, 6) is -1.10. The van der Waals surface area contributed by atoms with E-state index >= 15 is 0 Å². The van der Waals surface area contributed by atoms with Gasteiger partial charge in [-0.2, -0.15) is 0 Å². The quantitative estimate of drug-likeness (QED) is 0.587. The molecule has 0 bridgehead atoms. The first-order valence-electron chi connectivity index (χ1n) is 4.61. The van der Waals surface area contributed by atoms with Crippen molar-refractivity contribution in [2.45, 2.75) is 18.7 Å². The Balaban J connectivity index is 3.17. The molecule has 0 aliphatic rings. The van der Waals surface area contributed by atoms with E-state index in [9.17, 15) is 9.18 Å². The molecule has 0 heterocycles. The normalized spacial score (nSPS) is 10.1. The van der Waals surface area contributed by atoms with Gasteiger partial charge in [-0.25, -0.2) is 9.18 Å². The number of ether oxygens (including phenoxy) is 1. The zero-order valence-electron chi connectivity index (χ0n) is 8.96. The molecule has 0 aliphatic carbocycles. The van der Waals surface area contributed by atoms with Gasteiger partial charge in [-0.1, -0.05) is 0 Å². The summed E-state index contributed by atoms with van der Waals surface area (Å²) in [6, 6.07) is 3.22. The number of rotatable bonds is 3. The van der Waals surface area contributed by atoms with E-state index in [1.54, 1.807) is 19.2 Å². The van der Waals surface area contributed by atoms with Crippen LogP contribution in [-0.4, -0.2) is 18.8 Å². The maximum atomic E-state index is 13.7. The number of esters is 1. The first-order valence-corrected chi connectivity index (χ1v) is 5.83. The highest BCUT2D eigenvalue weighted by Crippen LogP contribution is 2.24. The van der Waals surface area contributed by atoms with E-state index < -0.39 is 11.8 Å². The zero-order chi connectivity index (χ0) is 11.4. The van der Waals surface area contributed by atoms with Crippen molar-refractivity contribution in [3.8, 4) is 0 Å². The molecule has 0 unspecified atom stereocenters. The zero-order valence-corrected chi connectivity index (χ0v) is 9.78. The highest BCUT2D eigenvalue weighted by atomic mass is 32.2. The smallest absolute Gasteiger partial charge is 0.341 e. The molecule has 0 aromatic heterocycles. The lowest BCUT2D eigenvalue weighted by atomic mass is 10.1.